The molecule has 0 amide bonds. The molecule has 1 aliphatic carbocycles. The minimum atomic E-state index is -0.639. The zero-order chi connectivity index (χ0) is 20.8. The fraction of sp³-hybridized carbons (Fsp3) is 0.667. The third-order valence-corrected chi connectivity index (χ3v) is 5.97. The summed E-state index contributed by atoms with van der Waals surface area (Å²) in [5.74, 6) is 0.850. The Hall–Kier alpha value is -1.16. The Balaban J connectivity index is 2.64. The van der Waals surface area contributed by atoms with Crippen molar-refractivity contribution >= 4 is 0 Å². The van der Waals surface area contributed by atoms with E-state index in [9.17, 15) is 15.3 Å². The van der Waals surface area contributed by atoms with Gasteiger partial charge in [0.25, 0.3) is 0 Å². The molecule has 0 aromatic heterocycles. The van der Waals surface area contributed by atoms with Crippen LogP contribution in [0.15, 0.2) is 47.1 Å². The van der Waals surface area contributed by atoms with Crippen LogP contribution in [-0.2, 0) is 0 Å². The third-order valence-electron chi connectivity index (χ3n) is 5.97. The molecular weight excluding hydrogens is 336 g/mol. The predicted octanol–water partition coefficient (Wildman–Crippen LogP) is 5.09. The first kappa shape index (κ1) is 23.9. The van der Waals surface area contributed by atoms with Crippen molar-refractivity contribution in [1.29, 1.82) is 0 Å². The first-order valence-corrected chi connectivity index (χ1v) is 10.2. The second kappa shape index (κ2) is 10.4. The van der Waals surface area contributed by atoms with Gasteiger partial charge in [0, 0.05) is 0 Å². The topological polar surface area (TPSA) is 60.7 Å². The fourth-order valence-electron chi connectivity index (χ4n) is 3.51. The largest absolute Gasteiger partial charge is 0.390 e. The monoisotopic (exact) mass is 376 g/mol. The molecule has 1 aliphatic rings. The van der Waals surface area contributed by atoms with Crippen LogP contribution >= 0.6 is 0 Å². The molecule has 0 aromatic rings. The van der Waals surface area contributed by atoms with Gasteiger partial charge in [-0.15, -0.1) is 0 Å². The number of hydrogen-bond donors (Lipinski definition) is 3. The minimum Gasteiger partial charge on any atom is -0.390 e. The summed E-state index contributed by atoms with van der Waals surface area (Å²) in [6, 6.07) is 0. The number of rotatable bonds is 8. The summed E-state index contributed by atoms with van der Waals surface area (Å²) in [6.07, 6.45) is 9.03. The van der Waals surface area contributed by atoms with Crippen LogP contribution in [0.2, 0.25) is 0 Å². The molecule has 3 N–H and O–H groups in total. The van der Waals surface area contributed by atoms with Crippen LogP contribution in [0.4, 0.5) is 0 Å². The van der Waals surface area contributed by atoms with Gasteiger partial charge >= 0.3 is 0 Å². The van der Waals surface area contributed by atoms with Gasteiger partial charge in [-0.05, 0) is 70.8 Å². The van der Waals surface area contributed by atoms with Crippen molar-refractivity contribution in [3.8, 4) is 0 Å². The molecule has 0 radical (unpaired) electrons. The Labute approximate surface area is 166 Å². The SMILES string of the molecule is C=C1[C@H](O)CC(=C/C=C/C(C)/C(C)=C(\C)C(C)CCCC(C)(C)O)C[C@H]1O. The lowest BCUT2D eigenvalue weighted by Crippen LogP contribution is -2.27. The molecule has 0 saturated heterocycles. The highest BCUT2D eigenvalue weighted by Crippen LogP contribution is 2.29. The van der Waals surface area contributed by atoms with Gasteiger partial charge in [-0.3, -0.25) is 0 Å². The highest BCUT2D eigenvalue weighted by molar-refractivity contribution is 5.27. The molecule has 0 spiro atoms. The van der Waals surface area contributed by atoms with Crippen molar-refractivity contribution in [1.82, 2.24) is 0 Å². The molecule has 0 aromatic carbocycles. The highest BCUT2D eigenvalue weighted by Gasteiger charge is 2.25. The number of aliphatic hydroxyl groups excluding tert-OH is 2. The molecule has 4 atom stereocenters. The van der Waals surface area contributed by atoms with E-state index in [0.29, 0.717) is 30.3 Å². The first-order chi connectivity index (χ1) is 12.4. The summed E-state index contributed by atoms with van der Waals surface area (Å²) in [7, 11) is 0. The van der Waals surface area contributed by atoms with Crippen LogP contribution in [-0.4, -0.2) is 33.1 Å². The van der Waals surface area contributed by atoms with Gasteiger partial charge in [-0.1, -0.05) is 61.8 Å². The Kier molecular flexibility index (Phi) is 9.20. The van der Waals surface area contributed by atoms with Crippen molar-refractivity contribution in [3.05, 3.63) is 47.1 Å². The zero-order valence-corrected chi connectivity index (χ0v) is 18.1. The first-order valence-electron chi connectivity index (χ1n) is 10.2. The predicted molar refractivity (Wildman–Crippen MR) is 114 cm³/mol. The van der Waals surface area contributed by atoms with E-state index in [4.69, 9.17) is 0 Å². The Morgan fingerprint density at radius 3 is 2.22 bits per heavy atom. The van der Waals surface area contributed by atoms with Gasteiger partial charge in [0.05, 0.1) is 17.8 Å². The number of aliphatic hydroxyl groups is 3. The average Bonchev–Trinajstić information content (AvgIpc) is 2.56. The van der Waals surface area contributed by atoms with E-state index in [2.05, 4.69) is 40.3 Å². The second-order valence-electron chi connectivity index (χ2n) is 8.98. The molecule has 0 bridgehead atoms. The molecule has 0 aliphatic heterocycles. The van der Waals surface area contributed by atoms with E-state index in [1.54, 1.807) is 0 Å². The van der Waals surface area contributed by atoms with Crippen LogP contribution in [0.3, 0.4) is 0 Å². The van der Waals surface area contributed by atoms with Crippen molar-refractivity contribution in [2.45, 2.75) is 91.5 Å². The summed E-state index contributed by atoms with van der Waals surface area (Å²) in [5.41, 5.74) is 3.82. The Morgan fingerprint density at radius 1 is 1.15 bits per heavy atom. The molecule has 1 saturated carbocycles. The summed E-state index contributed by atoms with van der Waals surface area (Å²) in [5, 5.41) is 29.7. The van der Waals surface area contributed by atoms with Crippen LogP contribution < -0.4 is 0 Å². The third kappa shape index (κ3) is 8.16. The highest BCUT2D eigenvalue weighted by atomic mass is 16.3. The summed E-state index contributed by atoms with van der Waals surface area (Å²) < 4.78 is 0. The lowest BCUT2D eigenvalue weighted by atomic mass is 9.86. The van der Waals surface area contributed by atoms with E-state index < -0.39 is 17.8 Å². The van der Waals surface area contributed by atoms with E-state index >= 15 is 0 Å². The van der Waals surface area contributed by atoms with E-state index in [-0.39, 0.29) is 0 Å². The Morgan fingerprint density at radius 2 is 1.70 bits per heavy atom. The lowest BCUT2D eigenvalue weighted by Gasteiger charge is -2.27. The molecule has 0 heterocycles. The van der Waals surface area contributed by atoms with Gasteiger partial charge in [-0.2, -0.15) is 0 Å². The van der Waals surface area contributed by atoms with Gasteiger partial charge in [0.15, 0.2) is 0 Å². The zero-order valence-electron chi connectivity index (χ0n) is 18.1. The number of allylic oxidation sites excluding steroid dienone is 5. The normalized spacial score (nSPS) is 24.8. The smallest absolute Gasteiger partial charge is 0.0809 e. The molecular formula is C24H40O3. The maximum Gasteiger partial charge on any atom is 0.0809 e. The second-order valence-corrected chi connectivity index (χ2v) is 8.98. The molecule has 3 heteroatoms. The molecule has 154 valence electrons. The number of hydrogen-bond acceptors (Lipinski definition) is 3. The Bertz CT molecular complexity index is 573. The molecule has 3 nitrogen and oxygen atoms in total. The van der Waals surface area contributed by atoms with Gasteiger partial charge in [0.2, 0.25) is 0 Å². The molecule has 1 rings (SSSR count). The summed E-state index contributed by atoms with van der Waals surface area (Å²) in [6.45, 7) is 16.4. The summed E-state index contributed by atoms with van der Waals surface area (Å²) >= 11 is 0. The van der Waals surface area contributed by atoms with Gasteiger partial charge in [-0.25, -0.2) is 0 Å². The standard InChI is InChI=1S/C24H40O3/c1-16(10-8-12-21-14-22(25)20(5)23(26)15-21)18(3)19(4)17(2)11-9-13-24(6,7)27/h8,10,12,16-17,22-23,25-27H,5,9,11,13-15H2,1-4,6-7H3/b10-8+,19-18+/t16?,17?,22-,23-/m1/s1. The van der Waals surface area contributed by atoms with Crippen molar-refractivity contribution < 1.29 is 15.3 Å². The van der Waals surface area contributed by atoms with Gasteiger partial charge < -0.3 is 15.3 Å². The maximum absolute atomic E-state index is 9.92. The average molecular weight is 377 g/mol. The van der Waals surface area contributed by atoms with Gasteiger partial charge in [0.1, 0.15) is 0 Å². The molecule has 2 unspecified atom stereocenters. The lowest BCUT2D eigenvalue weighted by molar-refractivity contribution is 0.0674. The fourth-order valence-corrected chi connectivity index (χ4v) is 3.51. The van der Waals surface area contributed by atoms with Crippen LogP contribution in [0.5, 0.6) is 0 Å². The quantitative estimate of drug-likeness (QED) is 0.517. The van der Waals surface area contributed by atoms with E-state index in [1.165, 1.54) is 11.1 Å². The van der Waals surface area contributed by atoms with Crippen LogP contribution in [0.25, 0.3) is 0 Å². The van der Waals surface area contributed by atoms with Crippen molar-refractivity contribution in [2.24, 2.45) is 11.8 Å². The van der Waals surface area contributed by atoms with Crippen LogP contribution in [0, 0.1) is 11.8 Å². The van der Waals surface area contributed by atoms with Crippen molar-refractivity contribution in [2.75, 3.05) is 0 Å². The summed E-state index contributed by atoms with van der Waals surface area (Å²) in [4.78, 5) is 0. The van der Waals surface area contributed by atoms with E-state index in [0.717, 1.165) is 24.8 Å². The van der Waals surface area contributed by atoms with Crippen molar-refractivity contribution in [3.63, 3.8) is 0 Å². The maximum atomic E-state index is 9.92. The molecule has 1 fully saturated rings. The van der Waals surface area contributed by atoms with E-state index in [1.807, 2.05) is 26.0 Å². The van der Waals surface area contributed by atoms with Crippen LogP contribution in [0.1, 0.15) is 73.6 Å². The minimum absolute atomic E-state index is 0.340. The molecule has 27 heavy (non-hydrogen) atoms.